The van der Waals surface area contributed by atoms with E-state index in [-0.39, 0.29) is 0 Å². The van der Waals surface area contributed by atoms with Crippen molar-refractivity contribution in [3.8, 4) is 0 Å². The first-order valence-corrected chi connectivity index (χ1v) is 5.41. The van der Waals surface area contributed by atoms with Crippen LogP contribution in [0.1, 0.15) is 51.4 Å². The van der Waals surface area contributed by atoms with Gasteiger partial charge in [0, 0.05) is 11.8 Å². The van der Waals surface area contributed by atoms with Gasteiger partial charge >= 0.3 is 0 Å². The van der Waals surface area contributed by atoms with E-state index in [2.05, 4.69) is 0 Å². The fourth-order valence-electron chi connectivity index (χ4n) is 2.27. The van der Waals surface area contributed by atoms with Crippen LogP contribution in [0.2, 0.25) is 0 Å². The maximum atomic E-state index is 11.7. The normalized spacial score (nSPS) is 26.7. The minimum atomic E-state index is 0.458. The number of ketones is 1. The van der Waals surface area contributed by atoms with E-state index in [4.69, 9.17) is 0 Å². The molecule has 1 heteroatoms. The summed E-state index contributed by atoms with van der Waals surface area (Å²) in [5, 5.41) is 0. The summed E-state index contributed by atoms with van der Waals surface area (Å²) in [5.74, 6) is 1.56. The highest BCUT2D eigenvalue weighted by Gasteiger charge is 2.34. The van der Waals surface area contributed by atoms with E-state index >= 15 is 0 Å². The molecule has 2 fully saturated rings. The third-order valence-corrected chi connectivity index (χ3v) is 3.24. The summed E-state index contributed by atoms with van der Waals surface area (Å²) in [6, 6.07) is 0. The van der Waals surface area contributed by atoms with Gasteiger partial charge in [-0.25, -0.2) is 0 Å². The van der Waals surface area contributed by atoms with E-state index in [0.29, 0.717) is 17.6 Å². The van der Waals surface area contributed by atoms with Crippen LogP contribution in [0, 0.1) is 11.8 Å². The average Bonchev–Trinajstić information content (AvgIpc) is 2.92. The SMILES string of the molecule is O=C(C1CCCCCC1)C1CC1. The van der Waals surface area contributed by atoms with Crippen molar-refractivity contribution in [1.29, 1.82) is 0 Å². The highest BCUT2D eigenvalue weighted by atomic mass is 16.1. The monoisotopic (exact) mass is 166 g/mol. The molecule has 0 bridgehead atoms. The lowest BCUT2D eigenvalue weighted by Gasteiger charge is -2.11. The Balaban J connectivity index is 1.87. The molecule has 0 aromatic carbocycles. The summed E-state index contributed by atoms with van der Waals surface area (Å²) in [6.07, 6.45) is 10.1. The molecular formula is C11H18O. The van der Waals surface area contributed by atoms with Gasteiger partial charge in [0.15, 0.2) is 0 Å². The van der Waals surface area contributed by atoms with Crippen LogP contribution < -0.4 is 0 Å². The lowest BCUT2D eigenvalue weighted by molar-refractivity contribution is -0.124. The molecule has 0 aliphatic heterocycles. The standard InChI is InChI=1S/C11H18O/c12-11(10-7-8-10)9-5-3-1-2-4-6-9/h9-10H,1-8H2. The Kier molecular flexibility index (Phi) is 2.48. The van der Waals surface area contributed by atoms with E-state index in [1.807, 2.05) is 0 Å². The predicted octanol–water partition coefficient (Wildman–Crippen LogP) is 2.94. The minimum absolute atomic E-state index is 0.458. The molecule has 0 heterocycles. The first kappa shape index (κ1) is 8.28. The molecule has 0 amide bonds. The van der Waals surface area contributed by atoms with Gasteiger partial charge in [-0.3, -0.25) is 4.79 Å². The summed E-state index contributed by atoms with van der Waals surface area (Å²) in [6.45, 7) is 0. The number of carbonyl (C=O) groups is 1. The van der Waals surface area contributed by atoms with Gasteiger partial charge in [0.25, 0.3) is 0 Å². The molecular weight excluding hydrogens is 148 g/mol. The molecule has 2 aliphatic carbocycles. The van der Waals surface area contributed by atoms with E-state index in [1.165, 1.54) is 51.4 Å². The van der Waals surface area contributed by atoms with Crippen LogP contribution in [-0.4, -0.2) is 5.78 Å². The van der Waals surface area contributed by atoms with Gasteiger partial charge in [0.05, 0.1) is 0 Å². The van der Waals surface area contributed by atoms with Crippen LogP contribution in [0.4, 0.5) is 0 Å². The Bertz CT molecular complexity index is 162. The van der Waals surface area contributed by atoms with Gasteiger partial charge in [-0.15, -0.1) is 0 Å². The van der Waals surface area contributed by atoms with Gasteiger partial charge in [0.1, 0.15) is 5.78 Å². The lowest BCUT2D eigenvalue weighted by Crippen LogP contribution is -2.15. The van der Waals surface area contributed by atoms with Crippen molar-refractivity contribution in [3.63, 3.8) is 0 Å². The van der Waals surface area contributed by atoms with Crippen LogP contribution in [-0.2, 0) is 4.79 Å². The van der Waals surface area contributed by atoms with Crippen molar-refractivity contribution in [2.75, 3.05) is 0 Å². The van der Waals surface area contributed by atoms with E-state index < -0.39 is 0 Å². The Morgan fingerprint density at radius 1 is 0.750 bits per heavy atom. The second-order valence-electron chi connectivity index (χ2n) is 4.37. The van der Waals surface area contributed by atoms with Crippen LogP contribution in [0.5, 0.6) is 0 Å². The topological polar surface area (TPSA) is 17.1 Å². The van der Waals surface area contributed by atoms with E-state index in [9.17, 15) is 4.79 Å². The number of carbonyl (C=O) groups excluding carboxylic acids is 1. The van der Waals surface area contributed by atoms with Crippen LogP contribution in [0.3, 0.4) is 0 Å². The Hall–Kier alpha value is -0.330. The van der Waals surface area contributed by atoms with Crippen molar-refractivity contribution in [3.05, 3.63) is 0 Å². The summed E-state index contributed by atoms with van der Waals surface area (Å²) >= 11 is 0. The van der Waals surface area contributed by atoms with Crippen molar-refractivity contribution >= 4 is 5.78 Å². The summed E-state index contributed by atoms with van der Waals surface area (Å²) in [7, 11) is 0. The van der Waals surface area contributed by atoms with Crippen molar-refractivity contribution in [1.82, 2.24) is 0 Å². The van der Waals surface area contributed by atoms with Crippen molar-refractivity contribution in [2.24, 2.45) is 11.8 Å². The maximum Gasteiger partial charge on any atom is 0.139 e. The molecule has 0 aromatic rings. The average molecular weight is 166 g/mol. The highest BCUT2D eigenvalue weighted by molar-refractivity contribution is 5.85. The molecule has 0 unspecified atom stereocenters. The fourth-order valence-corrected chi connectivity index (χ4v) is 2.27. The van der Waals surface area contributed by atoms with Crippen molar-refractivity contribution < 1.29 is 4.79 Å². The van der Waals surface area contributed by atoms with Gasteiger partial charge in [-0.05, 0) is 25.7 Å². The van der Waals surface area contributed by atoms with Gasteiger partial charge in [0.2, 0.25) is 0 Å². The molecule has 0 aromatic heterocycles. The summed E-state index contributed by atoms with van der Waals surface area (Å²) in [4.78, 5) is 11.7. The van der Waals surface area contributed by atoms with Gasteiger partial charge in [-0.2, -0.15) is 0 Å². The first-order valence-electron chi connectivity index (χ1n) is 5.41. The molecule has 0 spiro atoms. The molecule has 12 heavy (non-hydrogen) atoms. The zero-order valence-electron chi connectivity index (χ0n) is 7.72. The van der Waals surface area contributed by atoms with Crippen LogP contribution >= 0.6 is 0 Å². The quantitative estimate of drug-likeness (QED) is 0.576. The minimum Gasteiger partial charge on any atom is -0.299 e. The Morgan fingerprint density at radius 3 is 1.75 bits per heavy atom. The van der Waals surface area contributed by atoms with E-state index in [0.717, 1.165) is 0 Å². The first-order chi connectivity index (χ1) is 5.88. The van der Waals surface area contributed by atoms with Gasteiger partial charge in [-0.1, -0.05) is 25.7 Å². The number of hydrogen-bond donors (Lipinski definition) is 0. The molecule has 0 N–H and O–H groups in total. The zero-order chi connectivity index (χ0) is 8.39. The number of Topliss-reactive ketones (excluding diaryl/α,β-unsaturated/α-hetero) is 1. The fraction of sp³-hybridized carbons (Fsp3) is 0.909. The molecule has 2 rings (SSSR count). The molecule has 2 saturated carbocycles. The van der Waals surface area contributed by atoms with Crippen molar-refractivity contribution in [2.45, 2.75) is 51.4 Å². The van der Waals surface area contributed by atoms with Crippen LogP contribution in [0.25, 0.3) is 0 Å². The number of rotatable bonds is 2. The molecule has 0 atom stereocenters. The molecule has 2 aliphatic rings. The number of hydrogen-bond acceptors (Lipinski definition) is 1. The zero-order valence-corrected chi connectivity index (χ0v) is 7.72. The highest BCUT2D eigenvalue weighted by Crippen LogP contribution is 2.36. The third-order valence-electron chi connectivity index (χ3n) is 3.24. The molecule has 0 radical (unpaired) electrons. The lowest BCUT2D eigenvalue weighted by atomic mass is 9.93. The van der Waals surface area contributed by atoms with Crippen LogP contribution in [0.15, 0.2) is 0 Å². The summed E-state index contributed by atoms with van der Waals surface area (Å²) in [5.41, 5.74) is 0. The third kappa shape index (κ3) is 1.88. The molecule has 0 saturated heterocycles. The second-order valence-corrected chi connectivity index (χ2v) is 4.37. The summed E-state index contributed by atoms with van der Waals surface area (Å²) < 4.78 is 0. The second kappa shape index (κ2) is 3.59. The molecule has 1 nitrogen and oxygen atoms in total. The molecule has 68 valence electrons. The smallest absolute Gasteiger partial charge is 0.139 e. The van der Waals surface area contributed by atoms with Gasteiger partial charge < -0.3 is 0 Å². The Morgan fingerprint density at radius 2 is 1.25 bits per heavy atom. The van der Waals surface area contributed by atoms with E-state index in [1.54, 1.807) is 0 Å². The maximum absolute atomic E-state index is 11.7. The largest absolute Gasteiger partial charge is 0.299 e. The predicted molar refractivity (Wildman–Crippen MR) is 48.9 cm³/mol. The Labute approximate surface area is 74.5 Å².